The molecule has 0 unspecified atom stereocenters. The molecule has 0 radical (unpaired) electrons. The van der Waals surface area contributed by atoms with Crippen LogP contribution in [0.1, 0.15) is 58.3 Å². The van der Waals surface area contributed by atoms with E-state index < -0.39 is 17.9 Å². The second-order valence-electron chi connectivity index (χ2n) is 6.70. The molecule has 0 atom stereocenters. The van der Waals surface area contributed by atoms with Crippen LogP contribution in [0.5, 0.6) is 0 Å². The second-order valence-corrected chi connectivity index (χ2v) is 6.70. The summed E-state index contributed by atoms with van der Waals surface area (Å²) in [5, 5.41) is 0. The van der Waals surface area contributed by atoms with Crippen molar-refractivity contribution in [2.75, 3.05) is 0 Å². The fraction of sp³-hybridized carbons (Fsp3) is 0.875. The molecule has 0 aromatic rings. The maximum absolute atomic E-state index is 13.5. The minimum absolute atomic E-state index is 0.152. The zero-order valence-corrected chi connectivity index (χ0v) is 12.1. The van der Waals surface area contributed by atoms with Gasteiger partial charge in [-0.25, -0.2) is 4.39 Å². The minimum Gasteiger partial charge on any atom is -0.212 e. The highest BCUT2D eigenvalue weighted by molar-refractivity contribution is 5.03. The third-order valence-electron chi connectivity index (χ3n) is 5.19. The van der Waals surface area contributed by atoms with E-state index in [2.05, 4.69) is 6.92 Å². The summed E-state index contributed by atoms with van der Waals surface area (Å²) < 4.78 is 50.0. The standard InChI is InChI=1S/C16H24F4/c1-11-2-4-12(5-3-11)13-6-8-14(9-7-13)15(17)10-16(18,19)20/h10-14H,2-9H2,1H3/b15-10+. The molecule has 0 nitrogen and oxygen atoms in total. The van der Waals surface area contributed by atoms with Gasteiger partial charge in [-0.2, -0.15) is 13.2 Å². The van der Waals surface area contributed by atoms with Crippen molar-refractivity contribution in [3.63, 3.8) is 0 Å². The predicted molar refractivity (Wildman–Crippen MR) is 71.8 cm³/mol. The Morgan fingerprint density at radius 1 is 0.850 bits per heavy atom. The van der Waals surface area contributed by atoms with Gasteiger partial charge in [0.2, 0.25) is 0 Å². The van der Waals surface area contributed by atoms with Crippen LogP contribution < -0.4 is 0 Å². The van der Waals surface area contributed by atoms with Gasteiger partial charge in [0.25, 0.3) is 0 Å². The smallest absolute Gasteiger partial charge is 0.212 e. The van der Waals surface area contributed by atoms with E-state index in [4.69, 9.17) is 0 Å². The van der Waals surface area contributed by atoms with Crippen molar-refractivity contribution in [2.24, 2.45) is 23.7 Å². The molecular weight excluding hydrogens is 268 g/mol. The van der Waals surface area contributed by atoms with Gasteiger partial charge in [-0.05, 0) is 56.3 Å². The summed E-state index contributed by atoms with van der Waals surface area (Å²) in [4.78, 5) is 0. The van der Waals surface area contributed by atoms with E-state index in [1.54, 1.807) is 0 Å². The van der Waals surface area contributed by atoms with E-state index in [1.165, 1.54) is 25.7 Å². The zero-order valence-electron chi connectivity index (χ0n) is 12.1. The Kier molecular flexibility index (Phi) is 5.14. The average molecular weight is 292 g/mol. The quantitative estimate of drug-likeness (QED) is 0.545. The molecule has 0 amide bonds. The molecule has 0 aromatic heterocycles. The fourth-order valence-corrected chi connectivity index (χ4v) is 3.90. The van der Waals surface area contributed by atoms with Crippen LogP contribution in [0.3, 0.4) is 0 Å². The second kappa shape index (κ2) is 6.48. The van der Waals surface area contributed by atoms with E-state index in [0.29, 0.717) is 18.8 Å². The summed E-state index contributed by atoms with van der Waals surface area (Å²) in [5.41, 5.74) is 0. The Morgan fingerprint density at radius 2 is 1.30 bits per heavy atom. The van der Waals surface area contributed by atoms with Crippen molar-refractivity contribution in [1.29, 1.82) is 0 Å². The van der Waals surface area contributed by atoms with Crippen molar-refractivity contribution in [2.45, 2.75) is 64.5 Å². The molecule has 2 aliphatic rings. The van der Waals surface area contributed by atoms with E-state index >= 15 is 0 Å². The number of hydrogen-bond acceptors (Lipinski definition) is 0. The lowest BCUT2D eigenvalue weighted by Crippen LogP contribution is -2.25. The van der Waals surface area contributed by atoms with Crippen molar-refractivity contribution in [1.82, 2.24) is 0 Å². The van der Waals surface area contributed by atoms with Crippen LogP contribution in [0.25, 0.3) is 0 Å². The topological polar surface area (TPSA) is 0 Å². The Labute approximate surface area is 118 Å². The monoisotopic (exact) mass is 292 g/mol. The molecule has 2 aliphatic carbocycles. The van der Waals surface area contributed by atoms with Crippen LogP contribution in [0, 0.1) is 23.7 Å². The van der Waals surface area contributed by atoms with Crippen molar-refractivity contribution < 1.29 is 17.6 Å². The molecule has 0 aromatic carbocycles. The summed E-state index contributed by atoms with van der Waals surface area (Å²) in [6.07, 6.45) is 3.30. The third kappa shape index (κ3) is 4.49. The van der Waals surface area contributed by atoms with E-state index in [0.717, 1.165) is 24.7 Å². The van der Waals surface area contributed by atoms with Crippen molar-refractivity contribution >= 4 is 0 Å². The summed E-state index contributed by atoms with van der Waals surface area (Å²) in [6.45, 7) is 2.28. The molecule has 20 heavy (non-hydrogen) atoms. The van der Waals surface area contributed by atoms with Crippen LogP contribution in [0.4, 0.5) is 17.6 Å². The van der Waals surface area contributed by atoms with E-state index in [-0.39, 0.29) is 6.08 Å². The lowest BCUT2D eigenvalue weighted by molar-refractivity contribution is -0.0821. The molecule has 4 heteroatoms. The molecule has 2 rings (SSSR count). The number of rotatable bonds is 2. The molecule has 0 N–H and O–H groups in total. The summed E-state index contributed by atoms with van der Waals surface area (Å²) in [5.74, 6) is 0.678. The molecule has 116 valence electrons. The zero-order chi connectivity index (χ0) is 14.8. The summed E-state index contributed by atoms with van der Waals surface area (Å²) in [6, 6.07) is 0. The molecule has 2 fully saturated rings. The minimum atomic E-state index is -4.53. The fourth-order valence-electron chi connectivity index (χ4n) is 3.90. The number of allylic oxidation sites excluding steroid dienone is 2. The Morgan fingerprint density at radius 3 is 1.75 bits per heavy atom. The first-order valence-corrected chi connectivity index (χ1v) is 7.80. The molecule has 0 saturated heterocycles. The van der Waals surface area contributed by atoms with Gasteiger partial charge in [-0.15, -0.1) is 0 Å². The first-order chi connectivity index (χ1) is 9.35. The predicted octanol–water partition coefficient (Wildman–Crippen LogP) is 6.03. The highest BCUT2D eigenvalue weighted by atomic mass is 19.4. The summed E-state index contributed by atoms with van der Waals surface area (Å²) >= 11 is 0. The lowest BCUT2D eigenvalue weighted by Gasteiger charge is -2.37. The van der Waals surface area contributed by atoms with Gasteiger partial charge in [-0.3, -0.25) is 0 Å². The SMILES string of the molecule is CC1CCC(C2CCC(/C(F)=C\C(F)(F)F)CC2)CC1. The average Bonchev–Trinajstić information content (AvgIpc) is 2.38. The van der Waals surface area contributed by atoms with Crippen molar-refractivity contribution in [3.05, 3.63) is 11.9 Å². The lowest BCUT2D eigenvalue weighted by atomic mass is 9.69. The van der Waals surface area contributed by atoms with Gasteiger partial charge in [0, 0.05) is 5.92 Å². The Hall–Kier alpha value is -0.540. The molecule has 2 saturated carbocycles. The van der Waals surface area contributed by atoms with Crippen LogP contribution >= 0.6 is 0 Å². The summed E-state index contributed by atoms with van der Waals surface area (Å²) in [7, 11) is 0. The van der Waals surface area contributed by atoms with E-state index in [9.17, 15) is 17.6 Å². The van der Waals surface area contributed by atoms with Gasteiger partial charge in [0.1, 0.15) is 5.83 Å². The number of hydrogen-bond donors (Lipinski definition) is 0. The maximum atomic E-state index is 13.5. The van der Waals surface area contributed by atoms with Gasteiger partial charge in [-0.1, -0.05) is 19.8 Å². The van der Waals surface area contributed by atoms with Crippen LogP contribution in [-0.2, 0) is 0 Å². The molecular formula is C16H24F4. The third-order valence-corrected chi connectivity index (χ3v) is 5.19. The molecule has 0 heterocycles. The molecule has 0 spiro atoms. The Bertz CT molecular complexity index is 329. The van der Waals surface area contributed by atoms with Gasteiger partial charge >= 0.3 is 6.18 Å². The van der Waals surface area contributed by atoms with Crippen LogP contribution in [0.15, 0.2) is 11.9 Å². The van der Waals surface area contributed by atoms with Gasteiger partial charge in [0.05, 0.1) is 6.08 Å². The van der Waals surface area contributed by atoms with Gasteiger partial charge in [0.15, 0.2) is 0 Å². The molecule has 0 aliphatic heterocycles. The van der Waals surface area contributed by atoms with E-state index in [1.807, 2.05) is 0 Å². The van der Waals surface area contributed by atoms with Crippen LogP contribution in [0.2, 0.25) is 0 Å². The normalized spacial score (nSPS) is 37.0. The Balaban J connectivity index is 1.82. The molecule has 0 bridgehead atoms. The largest absolute Gasteiger partial charge is 0.412 e. The first kappa shape index (κ1) is 15.8. The maximum Gasteiger partial charge on any atom is 0.412 e. The highest BCUT2D eigenvalue weighted by Crippen LogP contribution is 2.43. The number of alkyl halides is 3. The van der Waals surface area contributed by atoms with Crippen molar-refractivity contribution in [3.8, 4) is 0 Å². The van der Waals surface area contributed by atoms with Crippen LogP contribution in [-0.4, -0.2) is 6.18 Å². The highest BCUT2D eigenvalue weighted by Gasteiger charge is 2.33. The first-order valence-electron chi connectivity index (χ1n) is 7.80. The number of halogens is 4. The van der Waals surface area contributed by atoms with Gasteiger partial charge < -0.3 is 0 Å².